The first-order valence-electron chi connectivity index (χ1n) is 7.83. The van der Waals surface area contributed by atoms with Crippen LogP contribution >= 0.6 is 0 Å². The molecular weight excluding hydrogens is 270 g/mol. The maximum absolute atomic E-state index is 14.3. The Morgan fingerprint density at radius 3 is 2.19 bits per heavy atom. The fourth-order valence-corrected chi connectivity index (χ4v) is 3.03. The zero-order valence-corrected chi connectivity index (χ0v) is 13.3. The standard InChI is InChI=1S/C17H26F2N2/c1-4-17(3)5-7-21(8-6-17)16-14(18)10-13(9-12(2)20)11-15(16)19/h10-12H,4-9,20H2,1-3H3. The third-order valence-electron chi connectivity index (χ3n) is 4.77. The van der Waals surface area contributed by atoms with Gasteiger partial charge in [-0.25, -0.2) is 8.78 Å². The SMILES string of the molecule is CCC1(C)CCN(c2c(F)cc(CC(C)N)cc2F)CC1. The van der Waals surface area contributed by atoms with E-state index in [-0.39, 0.29) is 11.7 Å². The molecule has 0 saturated carbocycles. The summed E-state index contributed by atoms with van der Waals surface area (Å²) >= 11 is 0. The van der Waals surface area contributed by atoms with Crippen LogP contribution in [0.5, 0.6) is 0 Å². The highest BCUT2D eigenvalue weighted by Gasteiger charge is 2.30. The second-order valence-electron chi connectivity index (χ2n) is 6.74. The Hall–Kier alpha value is -1.16. The summed E-state index contributed by atoms with van der Waals surface area (Å²) in [5.41, 5.74) is 6.75. The number of benzene rings is 1. The third kappa shape index (κ3) is 3.73. The van der Waals surface area contributed by atoms with Gasteiger partial charge in [0, 0.05) is 19.1 Å². The molecule has 0 aromatic heterocycles. The minimum absolute atomic E-state index is 0.102. The van der Waals surface area contributed by atoms with Crippen molar-refractivity contribution in [3.8, 4) is 0 Å². The van der Waals surface area contributed by atoms with Crippen LogP contribution < -0.4 is 10.6 Å². The largest absolute Gasteiger partial charge is 0.367 e. The molecule has 1 aliphatic heterocycles. The molecule has 2 nitrogen and oxygen atoms in total. The maximum Gasteiger partial charge on any atom is 0.149 e. The maximum atomic E-state index is 14.3. The van der Waals surface area contributed by atoms with Gasteiger partial charge in [0.1, 0.15) is 17.3 Å². The van der Waals surface area contributed by atoms with Gasteiger partial charge in [0.05, 0.1) is 0 Å². The van der Waals surface area contributed by atoms with Crippen molar-refractivity contribution in [2.45, 2.75) is 52.5 Å². The number of rotatable bonds is 4. The fraction of sp³-hybridized carbons (Fsp3) is 0.647. The first-order valence-corrected chi connectivity index (χ1v) is 7.83. The predicted octanol–water partition coefficient (Wildman–Crippen LogP) is 3.87. The summed E-state index contributed by atoms with van der Waals surface area (Å²) in [6, 6.07) is 2.75. The van der Waals surface area contributed by atoms with Crippen molar-refractivity contribution in [2.75, 3.05) is 18.0 Å². The molecule has 0 aliphatic carbocycles. The molecule has 1 heterocycles. The number of hydrogen-bond acceptors (Lipinski definition) is 2. The first-order chi connectivity index (χ1) is 9.84. The lowest BCUT2D eigenvalue weighted by Crippen LogP contribution is -2.39. The molecule has 2 rings (SSSR count). The third-order valence-corrected chi connectivity index (χ3v) is 4.77. The molecule has 0 spiro atoms. The number of piperidine rings is 1. The lowest BCUT2D eigenvalue weighted by molar-refractivity contribution is 0.237. The molecule has 1 unspecified atom stereocenters. The Morgan fingerprint density at radius 1 is 1.24 bits per heavy atom. The Balaban J connectivity index is 2.18. The lowest BCUT2D eigenvalue weighted by atomic mass is 9.78. The second kappa shape index (κ2) is 6.30. The molecular formula is C17H26F2N2. The van der Waals surface area contributed by atoms with E-state index >= 15 is 0 Å². The van der Waals surface area contributed by atoms with Gasteiger partial charge in [-0.2, -0.15) is 0 Å². The normalized spacial score (nSPS) is 19.6. The van der Waals surface area contributed by atoms with Crippen LogP contribution in [0.25, 0.3) is 0 Å². The zero-order valence-electron chi connectivity index (χ0n) is 13.3. The quantitative estimate of drug-likeness (QED) is 0.914. The fourth-order valence-electron chi connectivity index (χ4n) is 3.03. The molecule has 118 valence electrons. The lowest BCUT2D eigenvalue weighted by Gasteiger charge is -2.40. The average molecular weight is 296 g/mol. The second-order valence-corrected chi connectivity index (χ2v) is 6.74. The van der Waals surface area contributed by atoms with Crippen LogP contribution in [0.1, 0.15) is 45.6 Å². The van der Waals surface area contributed by atoms with E-state index in [0.29, 0.717) is 30.5 Å². The number of nitrogens with zero attached hydrogens (tertiary/aromatic N) is 1. The number of anilines is 1. The van der Waals surface area contributed by atoms with Crippen LogP contribution in [0.4, 0.5) is 14.5 Å². The van der Waals surface area contributed by atoms with Gasteiger partial charge in [0.15, 0.2) is 0 Å². The van der Waals surface area contributed by atoms with Gasteiger partial charge in [-0.1, -0.05) is 20.3 Å². The molecule has 0 radical (unpaired) electrons. The summed E-state index contributed by atoms with van der Waals surface area (Å²) in [6.07, 6.45) is 3.55. The highest BCUT2D eigenvalue weighted by atomic mass is 19.1. The Bertz CT molecular complexity index is 469. The van der Waals surface area contributed by atoms with Gasteiger partial charge in [-0.3, -0.25) is 0 Å². The van der Waals surface area contributed by atoms with E-state index in [4.69, 9.17) is 5.73 Å². The number of halogens is 2. The molecule has 0 bridgehead atoms. The van der Waals surface area contributed by atoms with Gasteiger partial charge >= 0.3 is 0 Å². The number of nitrogens with two attached hydrogens (primary N) is 1. The van der Waals surface area contributed by atoms with Crippen LogP contribution in [0.3, 0.4) is 0 Å². The summed E-state index contributed by atoms with van der Waals surface area (Å²) in [7, 11) is 0. The Morgan fingerprint density at radius 2 is 1.76 bits per heavy atom. The molecule has 0 amide bonds. The van der Waals surface area contributed by atoms with Crippen LogP contribution in [-0.4, -0.2) is 19.1 Å². The summed E-state index contributed by atoms with van der Waals surface area (Å²) in [5.74, 6) is -0.934. The summed E-state index contributed by atoms with van der Waals surface area (Å²) in [4.78, 5) is 1.84. The predicted molar refractivity (Wildman–Crippen MR) is 83.6 cm³/mol. The van der Waals surface area contributed by atoms with Crippen molar-refractivity contribution in [1.29, 1.82) is 0 Å². The van der Waals surface area contributed by atoms with E-state index in [1.807, 2.05) is 11.8 Å². The summed E-state index contributed by atoms with van der Waals surface area (Å²) < 4.78 is 28.6. The van der Waals surface area contributed by atoms with E-state index in [1.54, 1.807) is 0 Å². The molecule has 4 heteroatoms. The van der Waals surface area contributed by atoms with Crippen molar-refractivity contribution >= 4 is 5.69 Å². The van der Waals surface area contributed by atoms with Gasteiger partial charge in [-0.15, -0.1) is 0 Å². The van der Waals surface area contributed by atoms with Gasteiger partial charge in [0.2, 0.25) is 0 Å². The summed E-state index contributed by atoms with van der Waals surface area (Å²) in [6.45, 7) is 7.69. The van der Waals surface area contributed by atoms with E-state index in [1.165, 1.54) is 12.1 Å². The molecule has 21 heavy (non-hydrogen) atoms. The molecule has 1 aliphatic rings. The zero-order chi connectivity index (χ0) is 15.6. The highest BCUT2D eigenvalue weighted by Crippen LogP contribution is 2.37. The minimum atomic E-state index is -0.467. The number of hydrogen-bond donors (Lipinski definition) is 1. The molecule has 1 aromatic rings. The van der Waals surface area contributed by atoms with Crippen molar-refractivity contribution in [2.24, 2.45) is 11.1 Å². The van der Waals surface area contributed by atoms with E-state index in [2.05, 4.69) is 13.8 Å². The van der Waals surface area contributed by atoms with Crippen LogP contribution in [0.15, 0.2) is 12.1 Å². The minimum Gasteiger partial charge on any atom is -0.367 e. The first kappa shape index (κ1) is 16.2. The Kier molecular flexibility index (Phi) is 4.87. The van der Waals surface area contributed by atoms with Gasteiger partial charge in [0.25, 0.3) is 0 Å². The average Bonchev–Trinajstić information content (AvgIpc) is 2.39. The van der Waals surface area contributed by atoms with Crippen LogP contribution in [0, 0.1) is 17.0 Å². The van der Waals surface area contributed by atoms with Gasteiger partial charge < -0.3 is 10.6 Å². The topological polar surface area (TPSA) is 29.3 Å². The Labute approximate surface area is 126 Å². The molecule has 1 atom stereocenters. The van der Waals surface area contributed by atoms with Crippen molar-refractivity contribution in [3.05, 3.63) is 29.3 Å². The van der Waals surface area contributed by atoms with E-state index in [9.17, 15) is 8.78 Å². The van der Waals surface area contributed by atoms with E-state index in [0.717, 1.165) is 19.3 Å². The molecule has 2 N–H and O–H groups in total. The van der Waals surface area contributed by atoms with Crippen molar-refractivity contribution < 1.29 is 8.78 Å². The van der Waals surface area contributed by atoms with E-state index < -0.39 is 11.6 Å². The summed E-state index contributed by atoms with van der Waals surface area (Å²) in [5, 5.41) is 0. The molecule has 1 saturated heterocycles. The monoisotopic (exact) mass is 296 g/mol. The molecule has 1 aromatic carbocycles. The van der Waals surface area contributed by atoms with Crippen molar-refractivity contribution in [1.82, 2.24) is 0 Å². The van der Waals surface area contributed by atoms with Crippen molar-refractivity contribution in [3.63, 3.8) is 0 Å². The highest BCUT2D eigenvalue weighted by molar-refractivity contribution is 5.51. The smallest absolute Gasteiger partial charge is 0.149 e. The van der Waals surface area contributed by atoms with Crippen LogP contribution in [-0.2, 0) is 6.42 Å². The van der Waals surface area contributed by atoms with Gasteiger partial charge in [-0.05, 0) is 49.3 Å². The molecule has 1 fully saturated rings. The van der Waals surface area contributed by atoms with Crippen LogP contribution in [0.2, 0.25) is 0 Å².